The third-order valence-corrected chi connectivity index (χ3v) is 6.94. The Morgan fingerprint density at radius 2 is 1.57 bits per heavy atom. The summed E-state index contributed by atoms with van der Waals surface area (Å²) in [6, 6.07) is 15.1. The lowest BCUT2D eigenvalue weighted by molar-refractivity contribution is -0.132. The van der Waals surface area contributed by atoms with Gasteiger partial charge in [0.2, 0.25) is 15.9 Å². The van der Waals surface area contributed by atoms with Crippen molar-refractivity contribution < 1.29 is 13.2 Å². The van der Waals surface area contributed by atoms with Crippen LogP contribution >= 0.6 is 15.9 Å². The highest BCUT2D eigenvalue weighted by atomic mass is 79.9. The molecule has 0 saturated carbocycles. The van der Waals surface area contributed by atoms with Crippen LogP contribution in [0.1, 0.15) is 31.2 Å². The van der Waals surface area contributed by atoms with Crippen molar-refractivity contribution in [3.8, 4) is 0 Å². The maximum atomic E-state index is 13.2. The summed E-state index contributed by atoms with van der Waals surface area (Å²) >= 11 is 3.31. The molecule has 28 heavy (non-hydrogen) atoms. The molecule has 0 unspecified atom stereocenters. The smallest absolute Gasteiger partial charge is 0.241 e. The Morgan fingerprint density at radius 1 is 0.964 bits per heavy atom. The number of nitrogens with one attached hydrogen (secondary N) is 1. The molecule has 0 aliphatic carbocycles. The van der Waals surface area contributed by atoms with Crippen molar-refractivity contribution in [1.29, 1.82) is 0 Å². The number of halogens is 1. The topological polar surface area (TPSA) is 66.5 Å². The van der Waals surface area contributed by atoms with Crippen LogP contribution in [0.5, 0.6) is 0 Å². The largest absolute Gasteiger partial charge is 0.341 e. The minimum Gasteiger partial charge on any atom is -0.341 e. The van der Waals surface area contributed by atoms with Crippen LogP contribution in [0, 0.1) is 0 Å². The molecular formula is C21H25BrN2O3S. The zero-order valence-electron chi connectivity index (χ0n) is 15.7. The summed E-state index contributed by atoms with van der Waals surface area (Å²) in [5, 5.41) is 0. The van der Waals surface area contributed by atoms with E-state index in [2.05, 4.69) is 20.7 Å². The summed E-state index contributed by atoms with van der Waals surface area (Å²) in [6.45, 7) is 1.37. The molecule has 2 aromatic carbocycles. The SMILES string of the molecule is O=C([C@@H](Cc1ccccc1)NS(=O)(=O)c1ccc(Br)cc1)N1CCCCCC1. The minimum atomic E-state index is -3.81. The number of likely N-dealkylation sites (tertiary alicyclic amines) is 1. The first-order chi connectivity index (χ1) is 13.5. The average Bonchev–Trinajstić information content (AvgIpc) is 2.97. The Morgan fingerprint density at radius 3 is 2.18 bits per heavy atom. The van der Waals surface area contributed by atoms with Gasteiger partial charge in [-0.25, -0.2) is 8.42 Å². The van der Waals surface area contributed by atoms with E-state index in [0.29, 0.717) is 19.5 Å². The van der Waals surface area contributed by atoms with Crippen molar-refractivity contribution in [2.45, 2.75) is 43.0 Å². The predicted octanol–water partition coefficient (Wildman–Crippen LogP) is 3.74. The van der Waals surface area contributed by atoms with Gasteiger partial charge in [-0.1, -0.05) is 59.1 Å². The fourth-order valence-electron chi connectivity index (χ4n) is 3.41. The van der Waals surface area contributed by atoms with E-state index in [1.807, 2.05) is 35.2 Å². The van der Waals surface area contributed by atoms with Gasteiger partial charge in [0.05, 0.1) is 4.90 Å². The third kappa shape index (κ3) is 5.65. The van der Waals surface area contributed by atoms with Gasteiger partial charge in [0.15, 0.2) is 0 Å². The molecule has 1 N–H and O–H groups in total. The van der Waals surface area contributed by atoms with Crippen molar-refractivity contribution in [1.82, 2.24) is 9.62 Å². The van der Waals surface area contributed by atoms with Gasteiger partial charge in [0.25, 0.3) is 0 Å². The van der Waals surface area contributed by atoms with Gasteiger partial charge >= 0.3 is 0 Å². The summed E-state index contributed by atoms with van der Waals surface area (Å²) in [5.41, 5.74) is 0.925. The molecule has 0 aromatic heterocycles. The van der Waals surface area contributed by atoms with Gasteiger partial charge < -0.3 is 4.90 Å². The first-order valence-corrected chi connectivity index (χ1v) is 11.8. The number of carbonyl (C=O) groups is 1. The Labute approximate surface area is 175 Å². The summed E-state index contributed by atoms with van der Waals surface area (Å²) in [7, 11) is -3.81. The summed E-state index contributed by atoms with van der Waals surface area (Å²) in [6.07, 6.45) is 4.47. The number of benzene rings is 2. The molecule has 0 radical (unpaired) electrons. The van der Waals surface area contributed by atoms with Crippen LogP contribution in [0.4, 0.5) is 0 Å². The minimum absolute atomic E-state index is 0.147. The number of nitrogens with zero attached hydrogens (tertiary/aromatic N) is 1. The lowest BCUT2D eigenvalue weighted by Gasteiger charge is -2.27. The van der Waals surface area contributed by atoms with E-state index in [0.717, 1.165) is 35.7 Å². The zero-order valence-corrected chi connectivity index (χ0v) is 18.1. The highest BCUT2D eigenvalue weighted by Gasteiger charge is 2.29. The fraction of sp³-hybridized carbons (Fsp3) is 0.381. The third-order valence-electron chi connectivity index (χ3n) is 4.92. The molecule has 1 aliphatic rings. The van der Waals surface area contributed by atoms with Gasteiger partial charge in [-0.3, -0.25) is 4.79 Å². The first kappa shape index (κ1) is 21.0. The van der Waals surface area contributed by atoms with E-state index >= 15 is 0 Å². The fourth-order valence-corrected chi connectivity index (χ4v) is 4.86. The molecular weight excluding hydrogens is 440 g/mol. The predicted molar refractivity (Wildman–Crippen MR) is 113 cm³/mol. The van der Waals surface area contributed by atoms with Crippen molar-refractivity contribution in [2.24, 2.45) is 0 Å². The molecule has 1 saturated heterocycles. The van der Waals surface area contributed by atoms with Crippen molar-refractivity contribution in [2.75, 3.05) is 13.1 Å². The van der Waals surface area contributed by atoms with Crippen LogP contribution in [0.15, 0.2) is 64.0 Å². The van der Waals surface area contributed by atoms with Crippen LogP contribution < -0.4 is 4.72 Å². The summed E-state index contributed by atoms with van der Waals surface area (Å²) < 4.78 is 29.3. The zero-order chi connectivity index (χ0) is 20.0. The quantitative estimate of drug-likeness (QED) is 0.707. The molecule has 1 atom stereocenters. The van der Waals surface area contributed by atoms with E-state index in [9.17, 15) is 13.2 Å². The van der Waals surface area contributed by atoms with Gasteiger partial charge in [0.1, 0.15) is 6.04 Å². The highest BCUT2D eigenvalue weighted by molar-refractivity contribution is 9.10. The van der Waals surface area contributed by atoms with Crippen LogP contribution in [0.3, 0.4) is 0 Å². The van der Waals surface area contributed by atoms with Crippen LogP contribution in [0.2, 0.25) is 0 Å². The van der Waals surface area contributed by atoms with Crippen LogP contribution in [-0.2, 0) is 21.2 Å². The van der Waals surface area contributed by atoms with Gasteiger partial charge in [0, 0.05) is 17.6 Å². The Bertz CT molecular complexity index is 878. The van der Waals surface area contributed by atoms with E-state index in [1.165, 1.54) is 12.1 Å². The molecule has 2 aromatic rings. The molecule has 150 valence electrons. The van der Waals surface area contributed by atoms with E-state index in [1.54, 1.807) is 12.1 Å². The number of hydrogen-bond acceptors (Lipinski definition) is 3. The second-order valence-electron chi connectivity index (χ2n) is 7.06. The second kappa shape index (κ2) is 9.67. The molecule has 1 fully saturated rings. The van der Waals surface area contributed by atoms with Gasteiger partial charge in [-0.2, -0.15) is 4.72 Å². The number of rotatable bonds is 6. The molecule has 5 nitrogen and oxygen atoms in total. The number of sulfonamides is 1. The molecule has 7 heteroatoms. The Balaban J connectivity index is 1.84. The molecule has 0 spiro atoms. The lowest BCUT2D eigenvalue weighted by Crippen LogP contribution is -2.49. The van der Waals surface area contributed by atoms with E-state index in [4.69, 9.17) is 0 Å². The van der Waals surface area contributed by atoms with Crippen LogP contribution in [-0.4, -0.2) is 38.4 Å². The normalized spacial score (nSPS) is 16.4. The molecule has 1 aliphatic heterocycles. The van der Waals surface area contributed by atoms with Gasteiger partial charge in [-0.15, -0.1) is 0 Å². The lowest BCUT2D eigenvalue weighted by atomic mass is 10.1. The van der Waals surface area contributed by atoms with Crippen molar-refractivity contribution in [3.63, 3.8) is 0 Å². The number of hydrogen-bond donors (Lipinski definition) is 1. The first-order valence-electron chi connectivity index (χ1n) is 9.56. The van der Waals surface area contributed by atoms with Gasteiger partial charge in [-0.05, 0) is 49.1 Å². The van der Waals surface area contributed by atoms with E-state index < -0.39 is 16.1 Å². The monoisotopic (exact) mass is 464 g/mol. The average molecular weight is 465 g/mol. The summed E-state index contributed by atoms with van der Waals surface area (Å²) in [4.78, 5) is 15.2. The van der Waals surface area contributed by atoms with Crippen LogP contribution in [0.25, 0.3) is 0 Å². The molecule has 1 heterocycles. The highest BCUT2D eigenvalue weighted by Crippen LogP contribution is 2.17. The molecule has 0 bridgehead atoms. The van der Waals surface area contributed by atoms with E-state index in [-0.39, 0.29) is 10.8 Å². The summed E-state index contributed by atoms with van der Waals surface area (Å²) in [5.74, 6) is -0.147. The number of carbonyl (C=O) groups excluding carboxylic acids is 1. The standard InChI is InChI=1S/C21H25BrN2O3S/c22-18-10-12-19(13-11-18)28(26,27)23-20(16-17-8-4-3-5-9-17)21(25)24-14-6-1-2-7-15-24/h3-5,8-13,20,23H,1-2,6-7,14-16H2/t20-/m1/s1. The molecule has 1 amide bonds. The number of amides is 1. The maximum Gasteiger partial charge on any atom is 0.241 e. The molecule has 3 rings (SSSR count). The Kier molecular flexibility index (Phi) is 7.26. The second-order valence-corrected chi connectivity index (χ2v) is 9.69. The Hall–Kier alpha value is -1.70. The maximum absolute atomic E-state index is 13.2. The van der Waals surface area contributed by atoms with Crippen molar-refractivity contribution in [3.05, 3.63) is 64.6 Å². The van der Waals surface area contributed by atoms with Crippen molar-refractivity contribution >= 4 is 31.9 Å².